The molecule has 1 heterocycles. The van der Waals surface area contributed by atoms with Gasteiger partial charge in [0.05, 0.1) is 18.0 Å². The van der Waals surface area contributed by atoms with Gasteiger partial charge in [-0.25, -0.2) is 8.42 Å². The van der Waals surface area contributed by atoms with Crippen LogP contribution in [0.3, 0.4) is 0 Å². The highest BCUT2D eigenvalue weighted by Gasteiger charge is 2.44. The maximum atomic E-state index is 13.6. The topological polar surface area (TPSA) is 87.2 Å². The lowest BCUT2D eigenvalue weighted by molar-refractivity contribution is -0.136. The second kappa shape index (κ2) is 11.2. The molecule has 0 bridgehead atoms. The molecular weight excluding hydrogens is 510 g/mol. The summed E-state index contributed by atoms with van der Waals surface area (Å²) in [4.78, 5) is 29.2. The fraction of sp³-hybridized carbons (Fsp3) is 0.333. The monoisotopic (exact) mass is 541 g/mol. The predicted octanol–water partition coefficient (Wildman–Crippen LogP) is 3.17. The molecule has 0 unspecified atom stereocenters. The molecule has 37 heavy (non-hydrogen) atoms. The smallest absolute Gasteiger partial charge is 0.246 e. The molecular formula is C27H31N3O5S2. The van der Waals surface area contributed by atoms with Crippen LogP contribution in [0.2, 0.25) is 0 Å². The van der Waals surface area contributed by atoms with Crippen molar-refractivity contribution in [2.24, 2.45) is 0 Å². The van der Waals surface area contributed by atoms with E-state index in [0.29, 0.717) is 12.3 Å². The van der Waals surface area contributed by atoms with Crippen molar-refractivity contribution < 1.29 is 22.7 Å². The van der Waals surface area contributed by atoms with E-state index >= 15 is 0 Å². The first-order chi connectivity index (χ1) is 17.6. The largest absolute Gasteiger partial charge is 0.380 e. The fourth-order valence-electron chi connectivity index (χ4n) is 4.51. The second-order valence-corrected chi connectivity index (χ2v) is 11.9. The number of thiol groups is 1. The Kier molecular flexibility index (Phi) is 8.23. The first-order valence-corrected chi connectivity index (χ1v) is 13.9. The van der Waals surface area contributed by atoms with Crippen molar-refractivity contribution in [2.45, 2.75) is 29.2 Å². The number of carbonyl (C=O) groups is 2. The van der Waals surface area contributed by atoms with E-state index in [-0.39, 0.29) is 35.6 Å². The molecule has 10 heteroatoms. The summed E-state index contributed by atoms with van der Waals surface area (Å²) in [6.45, 7) is 0.401. The standard InChI is InChI=1S/C27H31N3O5S2/c1-28(17-26(31)29(2)22-11-8-19(9-12-22)18-35-3)27(32)25-15-23(36)16-30(25)37(33,34)24-13-10-20-6-4-5-7-21(20)14-24/h4-14,23,25,36H,15-18H2,1-3H3/t23-,25+/m1/s1. The number of likely N-dealkylation sites (N-methyl/N-ethyl adjacent to an activating group) is 2. The first kappa shape index (κ1) is 27.1. The molecule has 8 nitrogen and oxygen atoms in total. The zero-order valence-corrected chi connectivity index (χ0v) is 22.8. The van der Waals surface area contributed by atoms with Gasteiger partial charge in [0.1, 0.15) is 6.04 Å². The Balaban J connectivity index is 1.49. The summed E-state index contributed by atoms with van der Waals surface area (Å²) in [5.74, 6) is -0.724. The van der Waals surface area contributed by atoms with Crippen LogP contribution in [0.5, 0.6) is 0 Å². The zero-order chi connectivity index (χ0) is 26.7. The van der Waals surface area contributed by atoms with E-state index < -0.39 is 22.0 Å². The van der Waals surface area contributed by atoms with Gasteiger partial charge in [0.2, 0.25) is 21.8 Å². The average Bonchev–Trinajstić information content (AvgIpc) is 3.30. The lowest BCUT2D eigenvalue weighted by atomic mass is 10.1. The SMILES string of the molecule is COCc1ccc(N(C)C(=O)CN(C)C(=O)[C@@H]2C[C@@H](S)CN2S(=O)(=O)c2ccc3ccccc3c2)cc1. The molecule has 0 spiro atoms. The van der Waals surface area contributed by atoms with E-state index in [0.717, 1.165) is 16.3 Å². The van der Waals surface area contributed by atoms with Gasteiger partial charge in [-0.2, -0.15) is 16.9 Å². The number of nitrogens with zero attached hydrogens (tertiary/aromatic N) is 3. The van der Waals surface area contributed by atoms with Gasteiger partial charge in [-0.15, -0.1) is 0 Å². The molecule has 0 radical (unpaired) electrons. The Morgan fingerprint density at radius 1 is 1.03 bits per heavy atom. The van der Waals surface area contributed by atoms with Crippen LogP contribution in [-0.4, -0.2) is 75.0 Å². The Morgan fingerprint density at radius 3 is 2.38 bits per heavy atom. The molecule has 196 valence electrons. The van der Waals surface area contributed by atoms with Gasteiger partial charge >= 0.3 is 0 Å². The molecule has 0 saturated carbocycles. The summed E-state index contributed by atoms with van der Waals surface area (Å²) in [6.07, 6.45) is 0.268. The summed E-state index contributed by atoms with van der Waals surface area (Å²) in [5.41, 5.74) is 1.66. The quantitative estimate of drug-likeness (QED) is 0.443. The Bertz CT molecular complexity index is 1390. The highest BCUT2D eigenvalue weighted by molar-refractivity contribution is 7.89. The second-order valence-electron chi connectivity index (χ2n) is 9.24. The first-order valence-electron chi connectivity index (χ1n) is 11.9. The van der Waals surface area contributed by atoms with Crippen molar-refractivity contribution in [1.29, 1.82) is 0 Å². The van der Waals surface area contributed by atoms with Gasteiger partial charge < -0.3 is 14.5 Å². The number of anilines is 1. The fourth-order valence-corrected chi connectivity index (χ4v) is 6.67. The molecule has 2 atom stereocenters. The third kappa shape index (κ3) is 5.82. The van der Waals surface area contributed by atoms with Crippen molar-refractivity contribution in [3.8, 4) is 0 Å². The van der Waals surface area contributed by atoms with Crippen molar-refractivity contribution in [1.82, 2.24) is 9.21 Å². The summed E-state index contributed by atoms with van der Waals surface area (Å²) < 4.78 is 33.5. The van der Waals surface area contributed by atoms with Crippen LogP contribution < -0.4 is 4.90 Å². The van der Waals surface area contributed by atoms with Crippen LogP contribution in [-0.2, 0) is 31.0 Å². The lowest BCUT2D eigenvalue weighted by Gasteiger charge is -2.28. The van der Waals surface area contributed by atoms with E-state index in [2.05, 4.69) is 12.6 Å². The third-order valence-corrected chi connectivity index (χ3v) is 8.85. The van der Waals surface area contributed by atoms with Crippen LogP contribution in [0.4, 0.5) is 5.69 Å². The van der Waals surface area contributed by atoms with Gasteiger partial charge in [-0.1, -0.05) is 42.5 Å². The molecule has 2 amide bonds. The number of ether oxygens (including phenoxy) is 1. The minimum absolute atomic E-state index is 0.115. The zero-order valence-electron chi connectivity index (χ0n) is 21.1. The molecule has 1 aliphatic heterocycles. The van der Waals surface area contributed by atoms with Gasteiger partial charge in [-0.05, 0) is 47.0 Å². The van der Waals surface area contributed by atoms with Crippen molar-refractivity contribution in [2.75, 3.05) is 39.2 Å². The number of hydrogen-bond acceptors (Lipinski definition) is 6. The summed E-state index contributed by atoms with van der Waals surface area (Å²) in [5, 5.41) is 1.44. The molecule has 1 fully saturated rings. The molecule has 3 aromatic carbocycles. The molecule has 1 saturated heterocycles. The molecule has 1 aliphatic rings. The highest BCUT2D eigenvalue weighted by atomic mass is 32.2. The summed E-state index contributed by atoms with van der Waals surface area (Å²) >= 11 is 4.49. The van der Waals surface area contributed by atoms with Gasteiger partial charge in [0.25, 0.3) is 0 Å². The Morgan fingerprint density at radius 2 is 1.70 bits per heavy atom. The average molecular weight is 542 g/mol. The minimum atomic E-state index is -3.96. The van der Waals surface area contributed by atoms with Crippen LogP contribution in [0.25, 0.3) is 10.8 Å². The number of hydrogen-bond donors (Lipinski definition) is 1. The number of fused-ring (bicyclic) bond motifs is 1. The highest BCUT2D eigenvalue weighted by Crippen LogP contribution is 2.31. The van der Waals surface area contributed by atoms with E-state index in [9.17, 15) is 18.0 Å². The Labute approximate surface area is 223 Å². The van der Waals surface area contributed by atoms with Gasteiger partial charge in [0, 0.05) is 38.7 Å². The van der Waals surface area contributed by atoms with Crippen LogP contribution >= 0.6 is 12.6 Å². The normalized spacial score (nSPS) is 18.2. The number of benzene rings is 3. The molecule has 0 N–H and O–H groups in total. The predicted molar refractivity (Wildman–Crippen MR) is 147 cm³/mol. The minimum Gasteiger partial charge on any atom is -0.380 e. The van der Waals surface area contributed by atoms with E-state index in [4.69, 9.17) is 4.74 Å². The number of sulfonamides is 1. The third-order valence-electron chi connectivity index (χ3n) is 6.60. The number of rotatable bonds is 8. The van der Waals surface area contributed by atoms with Crippen molar-refractivity contribution in [3.05, 3.63) is 72.3 Å². The van der Waals surface area contributed by atoms with Gasteiger partial charge in [-0.3, -0.25) is 9.59 Å². The van der Waals surface area contributed by atoms with Crippen LogP contribution in [0.1, 0.15) is 12.0 Å². The summed E-state index contributed by atoms with van der Waals surface area (Å²) in [7, 11) is 0.817. The van der Waals surface area contributed by atoms with E-state index in [1.165, 1.54) is 21.2 Å². The van der Waals surface area contributed by atoms with Gasteiger partial charge in [0.15, 0.2) is 0 Å². The molecule has 4 rings (SSSR count). The number of carbonyl (C=O) groups excluding carboxylic acids is 2. The maximum Gasteiger partial charge on any atom is 0.246 e. The molecule has 3 aromatic rings. The van der Waals surface area contributed by atoms with Crippen molar-refractivity contribution >= 4 is 50.9 Å². The molecule has 0 aromatic heterocycles. The van der Waals surface area contributed by atoms with Crippen LogP contribution in [0.15, 0.2) is 71.6 Å². The number of methoxy groups -OCH3 is 1. The number of amides is 2. The Hall–Kier alpha value is -2.92. The lowest BCUT2D eigenvalue weighted by Crippen LogP contribution is -2.49. The van der Waals surface area contributed by atoms with Crippen LogP contribution in [0, 0.1) is 0 Å². The summed E-state index contributed by atoms with van der Waals surface area (Å²) in [6, 6.07) is 18.9. The van der Waals surface area contributed by atoms with E-state index in [1.54, 1.807) is 32.4 Å². The van der Waals surface area contributed by atoms with Crippen molar-refractivity contribution in [3.63, 3.8) is 0 Å². The maximum absolute atomic E-state index is 13.6. The van der Waals surface area contributed by atoms with E-state index in [1.807, 2.05) is 48.5 Å². The molecule has 0 aliphatic carbocycles.